The van der Waals surface area contributed by atoms with Gasteiger partial charge < -0.3 is 14.8 Å². The molecule has 5 rings (SSSR count). The average molecular weight is 394 g/mol. The summed E-state index contributed by atoms with van der Waals surface area (Å²) in [6.07, 6.45) is 1.35. The highest BCUT2D eigenvalue weighted by Gasteiger charge is 2.38. The Labute approximate surface area is 170 Å². The largest absolute Gasteiger partial charge is 0.459 e. The number of carbonyl (C=O) groups is 2. The number of nitrogens with one attached hydrogen (secondary N) is 1. The molecule has 3 saturated heterocycles. The van der Waals surface area contributed by atoms with Gasteiger partial charge in [-0.1, -0.05) is 60.7 Å². The summed E-state index contributed by atoms with van der Waals surface area (Å²) in [4.78, 5) is 27.7. The first-order valence-corrected chi connectivity index (χ1v) is 10.1. The van der Waals surface area contributed by atoms with Gasteiger partial charge in [-0.25, -0.2) is 9.59 Å². The smallest absolute Gasteiger partial charge is 0.408 e. The molecular formula is C23H26N2O4. The fourth-order valence-electron chi connectivity index (χ4n) is 4.07. The molecule has 6 heteroatoms. The first-order chi connectivity index (χ1) is 14.2. The molecule has 3 aliphatic heterocycles. The van der Waals surface area contributed by atoms with Gasteiger partial charge in [0.2, 0.25) is 0 Å². The monoisotopic (exact) mass is 394 g/mol. The van der Waals surface area contributed by atoms with E-state index in [1.807, 2.05) is 48.5 Å². The van der Waals surface area contributed by atoms with Crippen LogP contribution >= 0.6 is 0 Å². The van der Waals surface area contributed by atoms with Crippen molar-refractivity contribution in [2.24, 2.45) is 5.92 Å². The summed E-state index contributed by atoms with van der Waals surface area (Å²) in [6, 6.07) is 17.7. The van der Waals surface area contributed by atoms with E-state index in [1.54, 1.807) is 12.1 Å². The zero-order valence-electron chi connectivity index (χ0n) is 16.3. The number of esters is 1. The average Bonchev–Trinajstić information content (AvgIpc) is 2.78. The van der Waals surface area contributed by atoms with Gasteiger partial charge in [0.25, 0.3) is 0 Å². The molecule has 29 heavy (non-hydrogen) atoms. The van der Waals surface area contributed by atoms with Gasteiger partial charge in [0.05, 0.1) is 0 Å². The summed E-state index contributed by atoms with van der Waals surface area (Å²) in [7, 11) is 0. The normalized spacial score (nSPS) is 23.8. The van der Waals surface area contributed by atoms with Crippen LogP contribution in [0, 0.1) is 5.92 Å². The summed E-state index contributed by atoms with van der Waals surface area (Å²) < 4.78 is 11.2. The molecule has 2 aromatic rings. The number of alkyl carbamates (subject to hydrolysis) is 1. The number of benzene rings is 2. The van der Waals surface area contributed by atoms with Crippen molar-refractivity contribution >= 4 is 12.1 Å². The molecule has 6 nitrogen and oxygen atoms in total. The van der Waals surface area contributed by atoms with E-state index in [0.29, 0.717) is 11.5 Å². The third kappa shape index (κ3) is 4.95. The molecule has 3 aliphatic rings. The molecule has 0 aromatic heterocycles. The molecule has 0 aliphatic carbocycles. The van der Waals surface area contributed by atoms with Crippen LogP contribution in [-0.2, 0) is 20.9 Å². The van der Waals surface area contributed by atoms with E-state index in [1.165, 1.54) is 0 Å². The number of ether oxygens (including phenoxy) is 2. The van der Waals surface area contributed by atoms with Gasteiger partial charge in [-0.15, -0.1) is 0 Å². The molecule has 1 N–H and O–H groups in total. The quantitative estimate of drug-likeness (QED) is 0.762. The maximum Gasteiger partial charge on any atom is 0.408 e. The van der Waals surface area contributed by atoms with Gasteiger partial charge in [0.1, 0.15) is 12.7 Å². The van der Waals surface area contributed by atoms with Gasteiger partial charge >= 0.3 is 12.1 Å². The Morgan fingerprint density at radius 3 is 2.28 bits per heavy atom. The number of piperidine rings is 3. The lowest BCUT2D eigenvalue weighted by atomic mass is 9.86. The summed E-state index contributed by atoms with van der Waals surface area (Å²) in [6.45, 7) is 3.06. The molecule has 0 unspecified atom stereocenters. The lowest BCUT2D eigenvalue weighted by Crippen LogP contribution is -2.52. The summed E-state index contributed by atoms with van der Waals surface area (Å²) in [5.74, 6) is -0.0305. The molecule has 0 spiro atoms. The number of carbonyl (C=O) groups excluding carboxylic acids is 2. The second kappa shape index (κ2) is 9.09. The fourth-order valence-corrected chi connectivity index (χ4v) is 4.07. The van der Waals surface area contributed by atoms with E-state index in [0.717, 1.165) is 38.0 Å². The van der Waals surface area contributed by atoms with Gasteiger partial charge in [-0.3, -0.25) is 4.90 Å². The highest BCUT2D eigenvalue weighted by atomic mass is 16.6. The van der Waals surface area contributed by atoms with Crippen LogP contribution in [0.1, 0.15) is 30.0 Å². The minimum absolute atomic E-state index is 0.113. The molecule has 1 amide bonds. The lowest BCUT2D eigenvalue weighted by Gasteiger charge is -2.44. The fraction of sp³-hybridized carbons (Fsp3) is 0.391. The van der Waals surface area contributed by atoms with Crippen molar-refractivity contribution < 1.29 is 19.1 Å². The van der Waals surface area contributed by atoms with Gasteiger partial charge in [0.15, 0.2) is 6.04 Å². The number of hydrogen-bond donors (Lipinski definition) is 1. The first kappa shape index (κ1) is 19.5. The number of fused-ring (bicyclic) bond motifs is 3. The Morgan fingerprint density at radius 2 is 1.66 bits per heavy atom. The first-order valence-electron chi connectivity index (χ1n) is 10.1. The van der Waals surface area contributed by atoms with Crippen LogP contribution in [0.2, 0.25) is 0 Å². The summed E-state index contributed by atoms with van der Waals surface area (Å²) in [5.41, 5.74) is 1.56. The highest BCUT2D eigenvalue weighted by molar-refractivity contribution is 5.83. The molecule has 0 radical (unpaired) electrons. The van der Waals surface area contributed by atoms with Crippen LogP contribution in [0.25, 0.3) is 0 Å². The topological polar surface area (TPSA) is 67.9 Å². The zero-order chi connectivity index (χ0) is 20.1. The molecule has 0 saturated carbocycles. The van der Waals surface area contributed by atoms with E-state index in [-0.39, 0.29) is 12.7 Å². The number of rotatable bonds is 6. The lowest BCUT2D eigenvalue weighted by molar-refractivity contribution is -0.161. The summed E-state index contributed by atoms with van der Waals surface area (Å²) in [5, 5.41) is 2.69. The van der Waals surface area contributed by atoms with Crippen molar-refractivity contribution in [3.8, 4) is 0 Å². The van der Waals surface area contributed by atoms with Crippen molar-refractivity contribution in [3.05, 3.63) is 71.8 Å². The maximum atomic E-state index is 13.0. The predicted molar refractivity (Wildman–Crippen MR) is 108 cm³/mol. The van der Waals surface area contributed by atoms with Crippen LogP contribution < -0.4 is 5.32 Å². The van der Waals surface area contributed by atoms with Crippen molar-refractivity contribution in [2.75, 3.05) is 19.6 Å². The van der Waals surface area contributed by atoms with Crippen LogP contribution in [-0.4, -0.2) is 42.7 Å². The third-order valence-corrected chi connectivity index (χ3v) is 5.71. The number of hydrogen-bond acceptors (Lipinski definition) is 5. The number of amides is 1. The van der Waals surface area contributed by atoms with Crippen molar-refractivity contribution in [1.82, 2.24) is 10.2 Å². The minimum atomic E-state index is -0.894. The van der Waals surface area contributed by atoms with E-state index >= 15 is 0 Å². The van der Waals surface area contributed by atoms with E-state index in [4.69, 9.17) is 9.47 Å². The van der Waals surface area contributed by atoms with Crippen LogP contribution in [0.3, 0.4) is 0 Å². The highest BCUT2D eigenvalue weighted by Crippen LogP contribution is 2.30. The molecule has 3 fully saturated rings. The Bertz CT molecular complexity index is 819. The number of nitrogens with zero attached hydrogens (tertiary/aromatic N) is 1. The standard InChI is InChI=1S/C23H26N2O4/c26-22(29-20-15-25-13-11-18(20)12-14-25)21(19-9-5-2-6-10-19)24-23(27)28-16-17-7-3-1-4-8-17/h1-10,18,20-21H,11-16H2,(H,24,27)/t20-,21+/m0/s1. The van der Waals surface area contributed by atoms with Crippen LogP contribution in [0.4, 0.5) is 4.79 Å². The molecule has 2 bridgehead atoms. The second-order valence-corrected chi connectivity index (χ2v) is 7.66. The van der Waals surface area contributed by atoms with E-state index < -0.39 is 18.1 Å². The minimum Gasteiger partial charge on any atom is -0.459 e. The van der Waals surface area contributed by atoms with Crippen molar-refractivity contribution in [2.45, 2.75) is 31.6 Å². The molecular weight excluding hydrogens is 368 g/mol. The van der Waals surface area contributed by atoms with Gasteiger partial charge in [-0.2, -0.15) is 0 Å². The summed E-state index contributed by atoms with van der Waals surface area (Å²) >= 11 is 0. The Kier molecular flexibility index (Phi) is 6.10. The van der Waals surface area contributed by atoms with Gasteiger partial charge in [-0.05, 0) is 43.0 Å². The SMILES string of the molecule is O=C(N[C@@H](C(=O)O[C@H]1CN2CCC1CC2)c1ccccc1)OCc1ccccc1. The molecule has 2 atom stereocenters. The Hall–Kier alpha value is -2.86. The maximum absolute atomic E-state index is 13.0. The Morgan fingerprint density at radius 1 is 1.00 bits per heavy atom. The van der Waals surface area contributed by atoms with Crippen molar-refractivity contribution in [1.29, 1.82) is 0 Å². The van der Waals surface area contributed by atoms with E-state index in [2.05, 4.69) is 10.2 Å². The molecule has 3 heterocycles. The zero-order valence-corrected chi connectivity index (χ0v) is 16.3. The van der Waals surface area contributed by atoms with Gasteiger partial charge in [0, 0.05) is 6.54 Å². The second-order valence-electron chi connectivity index (χ2n) is 7.66. The van der Waals surface area contributed by atoms with Crippen molar-refractivity contribution in [3.63, 3.8) is 0 Å². The molecule has 152 valence electrons. The van der Waals surface area contributed by atoms with Crippen LogP contribution in [0.5, 0.6) is 0 Å². The van der Waals surface area contributed by atoms with Crippen LogP contribution in [0.15, 0.2) is 60.7 Å². The predicted octanol–water partition coefficient (Wildman–Crippen LogP) is 3.29. The van der Waals surface area contributed by atoms with E-state index in [9.17, 15) is 9.59 Å². The third-order valence-electron chi connectivity index (χ3n) is 5.71. The Balaban J connectivity index is 1.41. The molecule has 2 aromatic carbocycles.